The van der Waals surface area contributed by atoms with Crippen molar-refractivity contribution >= 4 is 40.2 Å². The van der Waals surface area contributed by atoms with Crippen molar-refractivity contribution in [1.29, 1.82) is 0 Å². The highest BCUT2D eigenvalue weighted by Gasteiger charge is 2.50. The van der Waals surface area contributed by atoms with E-state index in [4.69, 9.17) is 12.2 Å². The number of nitrogens with zero attached hydrogens (tertiary/aromatic N) is 3. The molecule has 24 heavy (non-hydrogen) atoms. The molecule has 1 saturated heterocycles. The van der Waals surface area contributed by atoms with Gasteiger partial charge in [0.15, 0.2) is 6.21 Å². The second-order valence-electron chi connectivity index (χ2n) is 6.87. The van der Waals surface area contributed by atoms with Crippen LogP contribution in [0, 0.1) is 5.21 Å². The molecular weight excluding hydrogens is 338 g/mol. The third-order valence-corrected chi connectivity index (χ3v) is 5.81. The summed E-state index contributed by atoms with van der Waals surface area (Å²) in [6.07, 6.45) is 3.54. The molecule has 2 rings (SSSR count). The van der Waals surface area contributed by atoms with Gasteiger partial charge in [-0.2, -0.15) is 4.74 Å². The quantitative estimate of drug-likeness (QED) is 0.251. The topological polar surface area (TPSA) is 32.5 Å². The van der Waals surface area contributed by atoms with Crippen LogP contribution >= 0.6 is 24.0 Å². The first-order valence-electron chi connectivity index (χ1n) is 8.33. The van der Waals surface area contributed by atoms with Gasteiger partial charge in [0.2, 0.25) is 0 Å². The van der Waals surface area contributed by atoms with Crippen LogP contribution in [0.25, 0.3) is 0 Å². The molecular formula is C18H27N3OS2. The van der Waals surface area contributed by atoms with E-state index >= 15 is 0 Å². The van der Waals surface area contributed by atoms with Gasteiger partial charge in [-0.15, -0.1) is 0 Å². The van der Waals surface area contributed by atoms with Crippen molar-refractivity contribution in [3.05, 3.63) is 35.0 Å². The lowest BCUT2D eigenvalue weighted by molar-refractivity contribution is -0.523. The Morgan fingerprint density at radius 1 is 1.33 bits per heavy atom. The molecule has 0 spiro atoms. The SMILES string of the molecule is CCCCN1C(=S)SC(C)(C)[C@@H]1/[N+]([O-])=C/c1ccc(N(C)C)cc1. The predicted octanol–water partition coefficient (Wildman–Crippen LogP) is 3.92. The Kier molecular flexibility index (Phi) is 6.15. The van der Waals surface area contributed by atoms with Crippen molar-refractivity contribution in [3.8, 4) is 0 Å². The van der Waals surface area contributed by atoms with Gasteiger partial charge < -0.3 is 10.1 Å². The van der Waals surface area contributed by atoms with Crippen molar-refractivity contribution in [2.45, 2.75) is 44.5 Å². The highest BCUT2D eigenvalue weighted by molar-refractivity contribution is 8.24. The summed E-state index contributed by atoms with van der Waals surface area (Å²) in [4.78, 5) is 4.13. The third-order valence-electron chi connectivity index (χ3n) is 4.18. The van der Waals surface area contributed by atoms with E-state index in [-0.39, 0.29) is 10.9 Å². The van der Waals surface area contributed by atoms with Crippen molar-refractivity contribution in [2.75, 3.05) is 25.5 Å². The van der Waals surface area contributed by atoms with Crippen LogP contribution in [0.2, 0.25) is 0 Å². The van der Waals surface area contributed by atoms with Gasteiger partial charge in [-0.3, -0.25) is 4.90 Å². The number of hydrogen-bond acceptors (Lipinski definition) is 4. The van der Waals surface area contributed by atoms with E-state index in [1.165, 1.54) is 0 Å². The van der Waals surface area contributed by atoms with Gasteiger partial charge in [0.25, 0.3) is 6.17 Å². The monoisotopic (exact) mass is 365 g/mol. The number of rotatable bonds is 6. The average Bonchev–Trinajstić information content (AvgIpc) is 2.74. The number of thiocarbonyl (C=S) groups is 1. The maximum Gasteiger partial charge on any atom is 0.254 e. The average molecular weight is 366 g/mol. The Balaban J connectivity index is 2.26. The Morgan fingerprint density at radius 3 is 2.50 bits per heavy atom. The van der Waals surface area contributed by atoms with Crippen LogP contribution in [-0.4, -0.2) is 51.7 Å². The van der Waals surface area contributed by atoms with Gasteiger partial charge in [-0.25, -0.2) is 0 Å². The van der Waals surface area contributed by atoms with Gasteiger partial charge in [-0.05, 0) is 44.5 Å². The van der Waals surface area contributed by atoms with Gasteiger partial charge >= 0.3 is 0 Å². The maximum absolute atomic E-state index is 12.9. The molecule has 1 aromatic rings. The second-order valence-corrected chi connectivity index (χ2v) is 9.16. The van der Waals surface area contributed by atoms with E-state index in [1.54, 1.807) is 18.0 Å². The maximum atomic E-state index is 12.9. The fourth-order valence-electron chi connectivity index (χ4n) is 2.87. The Hall–Kier alpha value is -1.27. The first-order valence-corrected chi connectivity index (χ1v) is 9.56. The molecule has 1 aromatic carbocycles. The molecule has 1 aliphatic heterocycles. The van der Waals surface area contributed by atoms with Crippen molar-refractivity contribution in [3.63, 3.8) is 0 Å². The molecule has 0 aromatic heterocycles. The molecule has 1 atom stereocenters. The van der Waals surface area contributed by atoms with Gasteiger partial charge in [0.1, 0.15) is 9.07 Å². The van der Waals surface area contributed by atoms with Crippen LogP contribution in [0.3, 0.4) is 0 Å². The number of anilines is 1. The summed E-state index contributed by atoms with van der Waals surface area (Å²) in [7, 11) is 4.01. The summed E-state index contributed by atoms with van der Waals surface area (Å²) in [5, 5.41) is 12.9. The van der Waals surface area contributed by atoms with Gasteiger partial charge in [0.05, 0.1) is 0 Å². The molecule has 0 unspecified atom stereocenters. The predicted molar refractivity (Wildman–Crippen MR) is 109 cm³/mol. The van der Waals surface area contributed by atoms with Crippen LogP contribution in [0.5, 0.6) is 0 Å². The standard InChI is InChI=1S/C18H27N3OS2/c1-6-7-12-20-16(18(2,3)24-17(20)23)21(22)13-14-8-10-15(11-9-14)19(4)5/h8-11,13,16H,6-7,12H2,1-5H3/b21-13-/t16-/m0/s1. The van der Waals surface area contributed by atoms with E-state index in [2.05, 4.69) is 25.7 Å². The van der Waals surface area contributed by atoms with Crippen LogP contribution in [-0.2, 0) is 0 Å². The zero-order valence-corrected chi connectivity index (χ0v) is 16.8. The number of unbranched alkanes of at least 4 members (excludes halogenated alkanes) is 1. The van der Waals surface area contributed by atoms with Crippen molar-refractivity contribution < 1.29 is 4.74 Å². The molecule has 0 saturated carbocycles. The van der Waals surface area contributed by atoms with Gasteiger partial charge in [0, 0.05) is 31.9 Å². The highest BCUT2D eigenvalue weighted by atomic mass is 32.2. The molecule has 1 heterocycles. The molecule has 4 nitrogen and oxygen atoms in total. The minimum atomic E-state index is -0.268. The molecule has 1 fully saturated rings. The van der Waals surface area contributed by atoms with E-state index < -0.39 is 0 Å². The van der Waals surface area contributed by atoms with E-state index in [0.29, 0.717) is 0 Å². The number of hydrogen-bond donors (Lipinski definition) is 0. The van der Waals surface area contributed by atoms with Crippen LogP contribution in [0.4, 0.5) is 5.69 Å². The highest BCUT2D eigenvalue weighted by Crippen LogP contribution is 2.41. The molecule has 0 radical (unpaired) electrons. The van der Waals surface area contributed by atoms with Crippen LogP contribution in [0.15, 0.2) is 24.3 Å². The Morgan fingerprint density at radius 2 is 1.96 bits per heavy atom. The zero-order chi connectivity index (χ0) is 17.9. The molecule has 1 aliphatic rings. The Bertz CT molecular complexity index is 611. The first-order chi connectivity index (χ1) is 11.3. The summed E-state index contributed by atoms with van der Waals surface area (Å²) in [5.41, 5.74) is 2.02. The fourth-order valence-corrected chi connectivity index (χ4v) is 4.80. The summed E-state index contributed by atoms with van der Waals surface area (Å²) < 4.78 is 1.68. The smallest absolute Gasteiger partial charge is 0.254 e. The third kappa shape index (κ3) is 4.22. The fraction of sp³-hybridized carbons (Fsp3) is 0.556. The van der Waals surface area contributed by atoms with E-state index in [1.807, 2.05) is 43.3 Å². The summed E-state index contributed by atoms with van der Waals surface area (Å²) in [5.74, 6) is 0. The molecule has 6 heteroatoms. The van der Waals surface area contributed by atoms with Crippen LogP contribution in [0.1, 0.15) is 39.2 Å². The molecule has 0 amide bonds. The molecule has 0 aliphatic carbocycles. The first kappa shape index (κ1) is 19.1. The minimum absolute atomic E-state index is 0.230. The lowest BCUT2D eigenvalue weighted by atomic mass is 10.1. The number of thioether (sulfide) groups is 1. The molecule has 0 bridgehead atoms. The van der Waals surface area contributed by atoms with E-state index in [9.17, 15) is 5.21 Å². The summed E-state index contributed by atoms with van der Waals surface area (Å²) in [6.45, 7) is 7.17. The number of benzene rings is 1. The van der Waals surface area contributed by atoms with Crippen molar-refractivity contribution in [2.24, 2.45) is 0 Å². The lowest BCUT2D eigenvalue weighted by Gasteiger charge is -2.29. The summed E-state index contributed by atoms with van der Waals surface area (Å²) >= 11 is 7.14. The van der Waals surface area contributed by atoms with Gasteiger partial charge in [-0.1, -0.05) is 37.3 Å². The Labute approximate surface area is 155 Å². The molecule has 132 valence electrons. The number of hydroxylamine groups is 1. The lowest BCUT2D eigenvalue weighted by Crippen LogP contribution is -2.48. The van der Waals surface area contributed by atoms with Crippen molar-refractivity contribution in [1.82, 2.24) is 4.90 Å². The largest absolute Gasteiger partial charge is 0.622 e. The molecule has 0 N–H and O–H groups in total. The second kappa shape index (κ2) is 7.74. The summed E-state index contributed by atoms with van der Waals surface area (Å²) in [6, 6.07) is 8.00. The minimum Gasteiger partial charge on any atom is -0.622 e. The normalized spacial score (nSPS) is 20.5. The zero-order valence-electron chi connectivity index (χ0n) is 15.2. The van der Waals surface area contributed by atoms with Crippen LogP contribution < -0.4 is 4.90 Å². The van der Waals surface area contributed by atoms with E-state index in [0.717, 1.165) is 39.7 Å².